The van der Waals surface area contributed by atoms with E-state index >= 15 is 0 Å². The quantitative estimate of drug-likeness (QED) is 0.298. The molecule has 4 nitrogen and oxygen atoms in total. The molecule has 0 aromatic rings. The van der Waals surface area contributed by atoms with Crippen LogP contribution >= 0.6 is 9.80 Å². The molecule has 0 saturated heterocycles. The Morgan fingerprint density at radius 3 is 0.667 bits per heavy atom. The molecule has 8 N–H and O–H groups in total. The van der Waals surface area contributed by atoms with Crippen molar-refractivity contribution >= 4 is 26.5 Å². The molecule has 0 aliphatic heterocycles. The Morgan fingerprint density at radius 1 is 0.667 bits per heavy atom. The van der Waals surface area contributed by atoms with E-state index in [-0.39, 0.29) is 21.9 Å². The van der Waals surface area contributed by atoms with Crippen LogP contribution in [0.1, 0.15) is 0 Å². The van der Waals surface area contributed by atoms with Crippen LogP contribution in [0.5, 0.6) is 0 Å². The van der Waals surface area contributed by atoms with E-state index in [1.165, 1.54) is 16.7 Å². The van der Waals surface area contributed by atoms with Gasteiger partial charge in [0.1, 0.15) is 0 Å². The zero-order chi connectivity index (χ0) is 2.00. The summed E-state index contributed by atoms with van der Waals surface area (Å²) < 4.78 is 0. The summed E-state index contributed by atoms with van der Waals surface area (Å²) in [5.74, 6) is 0. The third-order valence-corrected chi connectivity index (χ3v) is 0. The molecule has 0 aromatic heterocycles. The van der Waals surface area contributed by atoms with Gasteiger partial charge in [-0.15, -0.1) is 0 Å². The van der Waals surface area contributed by atoms with Crippen LogP contribution in [-0.2, 0) is 0 Å². The van der Waals surface area contributed by atoms with E-state index in [2.05, 4.69) is 9.80 Å². The van der Waals surface area contributed by atoms with Gasteiger partial charge < -0.3 is 21.9 Å². The fourth-order valence-electron chi connectivity index (χ4n) is 0. The van der Waals surface area contributed by atoms with E-state index in [0.29, 0.717) is 0 Å². The van der Waals surface area contributed by atoms with Crippen LogP contribution in [-0.4, -0.2) is 38.6 Å². The van der Waals surface area contributed by atoms with Gasteiger partial charge in [-0.05, 0) is 0 Å². The Kier molecular flexibility index (Phi) is 2980. The molecule has 0 heterocycles. The standard InChI is InChI=1S/ClH.Li.4H2O/h1H;;4*1H2/q;+1;;;;/p-1. The van der Waals surface area contributed by atoms with E-state index in [9.17, 15) is 0 Å². The summed E-state index contributed by atoms with van der Waals surface area (Å²) >= 11 is 1.47. The van der Waals surface area contributed by atoms with E-state index < -0.39 is 0 Å². The molecule has 6 heteroatoms. The molecule has 0 aliphatic rings. The molecule has 40 valence electrons. The molecule has 0 atom stereocenters. The number of hydrogen-bond acceptors (Lipinski definition) is 0. The first-order chi connectivity index (χ1) is 1.00. The van der Waals surface area contributed by atoms with Crippen LogP contribution in [0.15, 0.2) is 0 Å². The fourth-order valence-corrected chi connectivity index (χ4v) is 0. The SMILES string of the molecule is O.O.O.O.[Li][Cl]. The zero-order valence-electron chi connectivity index (χ0n) is 3.38. The Morgan fingerprint density at radius 2 is 0.667 bits per heavy atom. The molecule has 0 unspecified atom stereocenters. The molecule has 0 saturated carbocycles. The third kappa shape index (κ3) is 124. The minimum absolute atomic E-state index is 0. The second kappa shape index (κ2) is 242. The van der Waals surface area contributed by atoms with Gasteiger partial charge in [-0.25, -0.2) is 0 Å². The molecule has 0 aromatic carbocycles. The molecule has 0 aliphatic carbocycles. The van der Waals surface area contributed by atoms with Gasteiger partial charge in [-0.2, -0.15) is 0 Å². The van der Waals surface area contributed by atoms with E-state index in [4.69, 9.17) is 0 Å². The van der Waals surface area contributed by atoms with Crippen molar-refractivity contribution in [1.82, 2.24) is 0 Å². The van der Waals surface area contributed by atoms with E-state index in [0.717, 1.165) is 0 Å². The van der Waals surface area contributed by atoms with Crippen molar-refractivity contribution in [2.75, 3.05) is 0 Å². The molecule has 0 radical (unpaired) electrons. The van der Waals surface area contributed by atoms with Gasteiger partial charge in [0, 0.05) is 0 Å². The average Bonchev–Trinajstić information content (AvgIpc) is 1.00. The van der Waals surface area contributed by atoms with Crippen molar-refractivity contribution < 1.29 is 21.9 Å². The van der Waals surface area contributed by atoms with Gasteiger partial charge in [-0.3, -0.25) is 0 Å². The van der Waals surface area contributed by atoms with E-state index in [1.54, 1.807) is 0 Å². The molecule has 0 spiro atoms. The number of rotatable bonds is 0. The minimum atomic E-state index is 0. The summed E-state index contributed by atoms with van der Waals surface area (Å²) in [5.41, 5.74) is 0. The molecule has 0 bridgehead atoms. The number of hydrogen-bond donors (Lipinski definition) is 0. The molecule has 0 fully saturated rings. The third-order valence-electron chi connectivity index (χ3n) is 0. The molecular formula is H8ClLiO4. The summed E-state index contributed by atoms with van der Waals surface area (Å²) in [5, 5.41) is 0. The van der Waals surface area contributed by atoms with E-state index in [1.807, 2.05) is 0 Å². The summed E-state index contributed by atoms with van der Waals surface area (Å²) in [6.07, 6.45) is 0. The van der Waals surface area contributed by atoms with Gasteiger partial charge in [-0.1, -0.05) is 0 Å². The Balaban J connectivity index is -0.000000000833. The first-order valence-corrected chi connectivity index (χ1v) is 1.13. The average molecular weight is 114 g/mol. The first-order valence-electron chi connectivity index (χ1n) is 0.378. The summed E-state index contributed by atoms with van der Waals surface area (Å²) in [4.78, 5) is 0. The van der Waals surface area contributed by atoms with Crippen molar-refractivity contribution in [1.29, 1.82) is 0 Å². The summed E-state index contributed by atoms with van der Waals surface area (Å²) in [6.45, 7) is 0. The Hall–Kier alpha value is 0.727. The van der Waals surface area contributed by atoms with Gasteiger partial charge in [0.15, 0.2) is 0 Å². The van der Waals surface area contributed by atoms with Crippen molar-refractivity contribution in [3.63, 3.8) is 0 Å². The fraction of sp³-hybridized carbons (Fsp3) is 0. The normalized spacial score (nSPS) is 1.17. The van der Waals surface area contributed by atoms with Crippen LogP contribution in [0.4, 0.5) is 0 Å². The van der Waals surface area contributed by atoms with Gasteiger partial charge in [0.05, 0.1) is 0 Å². The van der Waals surface area contributed by atoms with Gasteiger partial charge in [0.2, 0.25) is 0 Å². The molecule has 6 heavy (non-hydrogen) atoms. The van der Waals surface area contributed by atoms with Crippen molar-refractivity contribution in [2.45, 2.75) is 0 Å². The summed E-state index contributed by atoms with van der Waals surface area (Å²) in [7, 11) is 4.64. The van der Waals surface area contributed by atoms with Crippen LogP contribution in [0, 0.1) is 0 Å². The van der Waals surface area contributed by atoms with Crippen molar-refractivity contribution in [3.05, 3.63) is 0 Å². The molecular weight excluding hydrogens is 106 g/mol. The van der Waals surface area contributed by atoms with Crippen molar-refractivity contribution in [3.8, 4) is 0 Å². The maximum atomic E-state index is 4.64. The second-order valence-corrected chi connectivity index (χ2v) is 0. The van der Waals surface area contributed by atoms with Crippen LogP contribution in [0.25, 0.3) is 0 Å². The van der Waals surface area contributed by atoms with Gasteiger partial charge >= 0.3 is 26.5 Å². The second-order valence-electron chi connectivity index (χ2n) is 0. The molecule has 0 amide bonds. The topological polar surface area (TPSA) is 126 Å². The monoisotopic (exact) mass is 114 g/mol. The van der Waals surface area contributed by atoms with Crippen LogP contribution in [0.2, 0.25) is 0 Å². The summed E-state index contributed by atoms with van der Waals surface area (Å²) in [6, 6.07) is 0. The predicted octanol–water partition coefficient (Wildman–Crippen LogP) is -2.99. The van der Waals surface area contributed by atoms with Gasteiger partial charge in [0.25, 0.3) is 0 Å². The first kappa shape index (κ1) is 74.0. The zero-order valence-corrected chi connectivity index (χ0v) is 4.13. The van der Waals surface area contributed by atoms with Crippen molar-refractivity contribution in [2.24, 2.45) is 0 Å². The molecule has 0 rings (SSSR count). The number of halogens is 1. The Bertz CT molecular complexity index is 7.51. The van der Waals surface area contributed by atoms with Crippen LogP contribution < -0.4 is 0 Å². The maximum absolute atomic E-state index is 4.64. The van der Waals surface area contributed by atoms with Crippen LogP contribution in [0.3, 0.4) is 0 Å². The predicted molar refractivity (Wildman–Crippen MR) is 26.1 cm³/mol. The Labute approximate surface area is 49.0 Å².